The predicted octanol–water partition coefficient (Wildman–Crippen LogP) is 2.49. The van der Waals surface area contributed by atoms with Gasteiger partial charge in [-0.1, -0.05) is 17.7 Å². The molecule has 6 nitrogen and oxygen atoms in total. The Morgan fingerprint density at radius 1 is 1.43 bits per heavy atom. The van der Waals surface area contributed by atoms with Crippen LogP contribution in [0.3, 0.4) is 0 Å². The molecule has 0 amide bonds. The van der Waals surface area contributed by atoms with E-state index in [0.717, 1.165) is 0 Å². The Morgan fingerprint density at radius 2 is 2.24 bits per heavy atom. The maximum atomic E-state index is 13.8. The summed E-state index contributed by atoms with van der Waals surface area (Å²) in [5, 5.41) is 13.4. The van der Waals surface area contributed by atoms with Crippen molar-refractivity contribution in [1.29, 1.82) is 5.26 Å². The summed E-state index contributed by atoms with van der Waals surface area (Å²) in [7, 11) is 0. The van der Waals surface area contributed by atoms with E-state index in [1.807, 2.05) is 6.07 Å². The van der Waals surface area contributed by atoms with Gasteiger partial charge in [0, 0.05) is 11.8 Å². The van der Waals surface area contributed by atoms with Crippen LogP contribution in [0.2, 0.25) is 5.15 Å². The topological polar surface area (TPSA) is 80.3 Å². The van der Waals surface area contributed by atoms with Gasteiger partial charge in [0.1, 0.15) is 16.7 Å². The first kappa shape index (κ1) is 13.4. The lowest BCUT2D eigenvalue weighted by molar-refractivity contribution is 0.508. The third-order valence-electron chi connectivity index (χ3n) is 3.08. The lowest BCUT2D eigenvalue weighted by Gasteiger charge is -2.13. The molecule has 0 N–H and O–H groups in total. The SMILES string of the molecule is CC(c1cccnc1F)n1nc(C#N)c2ncc(Cl)nc21. The highest BCUT2D eigenvalue weighted by atomic mass is 35.5. The Kier molecular flexibility index (Phi) is 3.23. The molecule has 21 heavy (non-hydrogen) atoms. The normalized spacial score (nSPS) is 12.3. The van der Waals surface area contributed by atoms with Gasteiger partial charge < -0.3 is 0 Å². The fourth-order valence-electron chi connectivity index (χ4n) is 2.07. The monoisotopic (exact) mass is 302 g/mol. The molecule has 0 saturated carbocycles. The highest BCUT2D eigenvalue weighted by molar-refractivity contribution is 6.29. The molecule has 0 aliphatic heterocycles. The maximum absolute atomic E-state index is 13.8. The molecule has 0 saturated heterocycles. The van der Waals surface area contributed by atoms with Crippen molar-refractivity contribution in [2.45, 2.75) is 13.0 Å². The van der Waals surface area contributed by atoms with E-state index in [0.29, 0.717) is 16.7 Å². The summed E-state index contributed by atoms with van der Waals surface area (Å²) in [6.07, 6.45) is 2.70. The Morgan fingerprint density at radius 3 is 2.95 bits per heavy atom. The summed E-state index contributed by atoms with van der Waals surface area (Å²) in [4.78, 5) is 11.8. The molecule has 0 aliphatic rings. The lowest BCUT2D eigenvalue weighted by atomic mass is 10.1. The van der Waals surface area contributed by atoms with Gasteiger partial charge in [-0.2, -0.15) is 14.8 Å². The summed E-state index contributed by atoms with van der Waals surface area (Å²) in [5.74, 6) is -0.595. The van der Waals surface area contributed by atoms with Crippen LogP contribution in [0.5, 0.6) is 0 Å². The second-order valence-corrected chi connectivity index (χ2v) is 4.72. The smallest absolute Gasteiger partial charge is 0.218 e. The van der Waals surface area contributed by atoms with E-state index < -0.39 is 12.0 Å². The van der Waals surface area contributed by atoms with Crippen molar-refractivity contribution in [3.63, 3.8) is 0 Å². The average Bonchev–Trinajstić information content (AvgIpc) is 2.85. The molecular formula is C13H8ClFN6. The second-order valence-electron chi connectivity index (χ2n) is 4.33. The first-order valence-electron chi connectivity index (χ1n) is 6.03. The van der Waals surface area contributed by atoms with Crippen LogP contribution in [0.4, 0.5) is 4.39 Å². The summed E-state index contributed by atoms with van der Waals surface area (Å²) >= 11 is 5.84. The average molecular weight is 303 g/mol. The zero-order chi connectivity index (χ0) is 15.0. The van der Waals surface area contributed by atoms with Crippen LogP contribution in [0.25, 0.3) is 11.2 Å². The number of rotatable bonds is 2. The van der Waals surface area contributed by atoms with Gasteiger partial charge in [-0.25, -0.2) is 19.6 Å². The molecule has 0 radical (unpaired) electrons. The van der Waals surface area contributed by atoms with Gasteiger partial charge in [0.15, 0.2) is 11.3 Å². The zero-order valence-electron chi connectivity index (χ0n) is 10.8. The van der Waals surface area contributed by atoms with E-state index in [2.05, 4.69) is 20.1 Å². The van der Waals surface area contributed by atoms with Gasteiger partial charge in [-0.15, -0.1) is 0 Å². The van der Waals surface area contributed by atoms with Crippen molar-refractivity contribution in [3.8, 4) is 6.07 Å². The molecule has 0 spiro atoms. The number of hydrogen-bond donors (Lipinski definition) is 0. The minimum absolute atomic E-state index is 0.116. The molecule has 0 fully saturated rings. The molecular weight excluding hydrogens is 295 g/mol. The molecule has 1 atom stereocenters. The standard InChI is InChI=1S/C13H8ClFN6/c1-7(8-3-2-4-17-12(8)15)21-13-11(9(5-16)20-21)18-6-10(14)19-13/h2-4,6-7H,1H3. The third kappa shape index (κ3) is 2.19. The second kappa shape index (κ2) is 5.07. The molecule has 1 unspecified atom stereocenters. The fourth-order valence-corrected chi connectivity index (χ4v) is 2.20. The fraction of sp³-hybridized carbons (Fsp3) is 0.154. The van der Waals surface area contributed by atoms with Crippen molar-refractivity contribution in [1.82, 2.24) is 24.7 Å². The van der Waals surface area contributed by atoms with Gasteiger partial charge in [-0.05, 0) is 13.0 Å². The Bertz CT molecular complexity index is 869. The maximum Gasteiger partial charge on any atom is 0.218 e. The van der Waals surface area contributed by atoms with Gasteiger partial charge in [-0.3, -0.25) is 0 Å². The number of fused-ring (bicyclic) bond motifs is 1. The first-order valence-corrected chi connectivity index (χ1v) is 6.41. The predicted molar refractivity (Wildman–Crippen MR) is 73.1 cm³/mol. The highest BCUT2D eigenvalue weighted by Gasteiger charge is 2.21. The van der Waals surface area contributed by atoms with E-state index in [9.17, 15) is 4.39 Å². The zero-order valence-corrected chi connectivity index (χ0v) is 11.6. The Labute approximate surface area is 123 Å². The van der Waals surface area contributed by atoms with E-state index >= 15 is 0 Å². The minimum atomic E-state index is -0.595. The van der Waals surface area contributed by atoms with Crippen molar-refractivity contribution < 1.29 is 4.39 Å². The molecule has 8 heteroatoms. The summed E-state index contributed by atoms with van der Waals surface area (Å²) in [6.45, 7) is 1.73. The van der Waals surface area contributed by atoms with Crippen LogP contribution in [-0.4, -0.2) is 24.7 Å². The van der Waals surface area contributed by atoms with Crippen LogP contribution in [0.1, 0.15) is 24.2 Å². The molecule has 0 aromatic carbocycles. The first-order chi connectivity index (χ1) is 10.1. The highest BCUT2D eigenvalue weighted by Crippen LogP contribution is 2.24. The number of nitriles is 1. The van der Waals surface area contributed by atoms with E-state index in [4.69, 9.17) is 16.9 Å². The molecule has 3 heterocycles. The van der Waals surface area contributed by atoms with E-state index in [1.165, 1.54) is 17.1 Å². The van der Waals surface area contributed by atoms with Gasteiger partial charge in [0.25, 0.3) is 0 Å². The summed E-state index contributed by atoms with van der Waals surface area (Å²) < 4.78 is 15.2. The van der Waals surface area contributed by atoms with Crippen molar-refractivity contribution in [2.75, 3.05) is 0 Å². The Hall–Kier alpha value is -2.59. The van der Waals surface area contributed by atoms with Crippen molar-refractivity contribution in [3.05, 3.63) is 46.9 Å². The van der Waals surface area contributed by atoms with Crippen LogP contribution >= 0.6 is 11.6 Å². The number of hydrogen-bond acceptors (Lipinski definition) is 5. The number of nitrogens with zero attached hydrogens (tertiary/aromatic N) is 6. The number of aromatic nitrogens is 5. The molecule has 3 rings (SSSR count). The molecule has 104 valence electrons. The number of halogens is 2. The largest absolute Gasteiger partial charge is 0.247 e. The van der Waals surface area contributed by atoms with Gasteiger partial charge in [0.2, 0.25) is 5.95 Å². The molecule has 3 aromatic heterocycles. The van der Waals surface area contributed by atoms with Gasteiger partial charge in [0.05, 0.1) is 12.2 Å². The minimum Gasteiger partial charge on any atom is -0.247 e. The lowest BCUT2D eigenvalue weighted by Crippen LogP contribution is -2.11. The molecule has 0 aliphatic carbocycles. The number of pyridine rings is 1. The summed E-state index contributed by atoms with van der Waals surface area (Å²) in [6, 6.07) is 4.67. The van der Waals surface area contributed by atoms with Crippen molar-refractivity contribution in [2.24, 2.45) is 0 Å². The van der Waals surface area contributed by atoms with E-state index in [1.54, 1.807) is 19.1 Å². The van der Waals surface area contributed by atoms with Crippen LogP contribution in [0.15, 0.2) is 24.5 Å². The van der Waals surface area contributed by atoms with Crippen molar-refractivity contribution >= 4 is 22.8 Å². The third-order valence-corrected chi connectivity index (χ3v) is 3.27. The Balaban J connectivity index is 2.23. The summed E-state index contributed by atoms with van der Waals surface area (Å²) in [5.41, 5.74) is 1.12. The van der Waals surface area contributed by atoms with E-state index in [-0.39, 0.29) is 10.8 Å². The molecule has 3 aromatic rings. The van der Waals surface area contributed by atoms with Crippen LogP contribution in [0, 0.1) is 17.3 Å². The van der Waals surface area contributed by atoms with Crippen LogP contribution in [-0.2, 0) is 0 Å². The van der Waals surface area contributed by atoms with Gasteiger partial charge >= 0.3 is 0 Å². The van der Waals surface area contributed by atoms with Crippen LogP contribution < -0.4 is 0 Å². The molecule has 0 bridgehead atoms. The quantitative estimate of drug-likeness (QED) is 0.679.